The average Bonchev–Trinajstić information content (AvgIpc) is 3.37. The van der Waals surface area contributed by atoms with Crippen molar-refractivity contribution in [2.24, 2.45) is 0 Å². The normalized spacial score (nSPS) is 11.2. The Morgan fingerprint density at radius 1 is 0.966 bits per heavy atom. The molecule has 2 N–H and O–H groups in total. The number of carbonyl (C=O) groups excluding carboxylic acids is 1. The van der Waals surface area contributed by atoms with Crippen molar-refractivity contribution >= 4 is 33.6 Å². The van der Waals surface area contributed by atoms with Crippen molar-refractivity contribution in [1.29, 1.82) is 0 Å². The van der Waals surface area contributed by atoms with Gasteiger partial charge in [-0.25, -0.2) is 4.98 Å². The zero-order valence-corrected chi connectivity index (χ0v) is 15.7. The van der Waals surface area contributed by atoms with Crippen LogP contribution in [0, 0.1) is 0 Å². The van der Waals surface area contributed by atoms with E-state index in [-0.39, 0.29) is 5.91 Å². The van der Waals surface area contributed by atoms with Gasteiger partial charge in [0.25, 0.3) is 0 Å². The summed E-state index contributed by atoms with van der Waals surface area (Å²) in [6.45, 7) is 0. The number of aromatic amines is 1. The Morgan fingerprint density at radius 3 is 2.62 bits per heavy atom. The monoisotopic (exact) mass is 381 g/mol. The van der Waals surface area contributed by atoms with Gasteiger partial charge in [0.05, 0.1) is 0 Å². The molecular weight excluding hydrogens is 362 g/mol. The first-order valence-electron chi connectivity index (χ1n) is 9.57. The van der Waals surface area contributed by atoms with Gasteiger partial charge in [0, 0.05) is 34.8 Å². The molecule has 0 saturated carbocycles. The first-order chi connectivity index (χ1) is 14.3. The molecule has 0 aliphatic carbocycles. The zero-order chi connectivity index (χ0) is 19.6. The van der Waals surface area contributed by atoms with Gasteiger partial charge in [-0.1, -0.05) is 30.3 Å². The standard InChI is InChI=1S/C24H19N3O2/c28-23(14-11-17-15-25-20-6-2-1-5-19(17)20)26-18-12-9-16(10-13-18)24-27-21-7-3-4-8-22(21)29-24/h1-10,12-13,15,25H,11,14H2,(H,26,28). The highest BCUT2D eigenvalue weighted by molar-refractivity contribution is 5.92. The van der Waals surface area contributed by atoms with Crippen molar-refractivity contribution < 1.29 is 9.21 Å². The van der Waals surface area contributed by atoms with Crippen molar-refractivity contribution in [2.45, 2.75) is 12.8 Å². The number of rotatable bonds is 5. The van der Waals surface area contributed by atoms with Gasteiger partial charge in [-0.2, -0.15) is 0 Å². The highest BCUT2D eigenvalue weighted by atomic mass is 16.3. The van der Waals surface area contributed by atoms with E-state index in [1.165, 1.54) is 5.39 Å². The number of H-pyrrole nitrogens is 1. The van der Waals surface area contributed by atoms with Crippen LogP contribution in [0.2, 0.25) is 0 Å². The lowest BCUT2D eigenvalue weighted by Gasteiger charge is -2.05. The summed E-state index contributed by atoms with van der Waals surface area (Å²) in [7, 11) is 0. The quantitative estimate of drug-likeness (QED) is 0.419. The maximum atomic E-state index is 12.4. The number of carbonyl (C=O) groups is 1. The Kier molecular flexibility index (Phi) is 4.33. The van der Waals surface area contributed by atoms with Crippen LogP contribution in [-0.4, -0.2) is 15.9 Å². The fraction of sp³-hybridized carbons (Fsp3) is 0.0833. The molecule has 0 aliphatic rings. The van der Waals surface area contributed by atoms with Gasteiger partial charge in [-0.3, -0.25) is 4.79 Å². The minimum Gasteiger partial charge on any atom is -0.436 e. The highest BCUT2D eigenvalue weighted by Crippen LogP contribution is 2.25. The maximum Gasteiger partial charge on any atom is 0.227 e. The lowest BCUT2D eigenvalue weighted by atomic mass is 10.1. The Hall–Kier alpha value is -3.86. The minimum absolute atomic E-state index is 0.00936. The highest BCUT2D eigenvalue weighted by Gasteiger charge is 2.09. The van der Waals surface area contributed by atoms with Crippen molar-refractivity contribution in [3.63, 3.8) is 0 Å². The molecule has 2 aromatic heterocycles. The number of anilines is 1. The third-order valence-electron chi connectivity index (χ3n) is 5.01. The first kappa shape index (κ1) is 17.3. The largest absolute Gasteiger partial charge is 0.436 e. The number of para-hydroxylation sites is 3. The number of hydrogen-bond donors (Lipinski definition) is 2. The van der Waals surface area contributed by atoms with Crippen LogP contribution in [0.5, 0.6) is 0 Å². The lowest BCUT2D eigenvalue weighted by molar-refractivity contribution is -0.116. The number of aryl methyl sites for hydroxylation is 1. The molecule has 5 rings (SSSR count). The summed E-state index contributed by atoms with van der Waals surface area (Å²) in [5, 5.41) is 4.13. The summed E-state index contributed by atoms with van der Waals surface area (Å²) in [4.78, 5) is 20.1. The topological polar surface area (TPSA) is 70.9 Å². The molecule has 2 heterocycles. The second-order valence-electron chi connectivity index (χ2n) is 6.97. The molecule has 0 radical (unpaired) electrons. The molecule has 0 fully saturated rings. The van der Waals surface area contributed by atoms with Crippen LogP contribution >= 0.6 is 0 Å². The summed E-state index contributed by atoms with van der Waals surface area (Å²) >= 11 is 0. The fourth-order valence-electron chi connectivity index (χ4n) is 3.50. The molecule has 0 bridgehead atoms. The third kappa shape index (κ3) is 3.50. The predicted octanol–water partition coefficient (Wildman–Crippen LogP) is 5.55. The van der Waals surface area contributed by atoms with Gasteiger partial charge in [-0.05, 0) is 54.4 Å². The van der Waals surface area contributed by atoms with Gasteiger partial charge in [0.1, 0.15) is 5.52 Å². The fourth-order valence-corrected chi connectivity index (χ4v) is 3.50. The van der Waals surface area contributed by atoms with E-state index < -0.39 is 0 Å². The van der Waals surface area contributed by atoms with Crippen LogP contribution in [0.3, 0.4) is 0 Å². The van der Waals surface area contributed by atoms with Crippen LogP contribution < -0.4 is 5.32 Å². The van der Waals surface area contributed by atoms with E-state index in [4.69, 9.17) is 4.42 Å². The number of amides is 1. The van der Waals surface area contributed by atoms with Gasteiger partial charge < -0.3 is 14.7 Å². The van der Waals surface area contributed by atoms with E-state index in [0.717, 1.165) is 33.4 Å². The molecule has 142 valence electrons. The number of nitrogens with one attached hydrogen (secondary N) is 2. The average molecular weight is 381 g/mol. The van der Waals surface area contributed by atoms with E-state index in [1.807, 2.05) is 72.9 Å². The Balaban J connectivity index is 1.24. The molecule has 5 nitrogen and oxygen atoms in total. The zero-order valence-electron chi connectivity index (χ0n) is 15.7. The second-order valence-corrected chi connectivity index (χ2v) is 6.97. The second kappa shape index (κ2) is 7.28. The summed E-state index contributed by atoms with van der Waals surface area (Å²) < 4.78 is 5.79. The van der Waals surface area contributed by atoms with Crippen LogP contribution in [0.25, 0.3) is 33.5 Å². The van der Waals surface area contributed by atoms with Crippen molar-refractivity contribution in [3.05, 3.63) is 84.6 Å². The van der Waals surface area contributed by atoms with E-state index in [2.05, 4.69) is 21.4 Å². The molecular formula is C24H19N3O2. The van der Waals surface area contributed by atoms with Crippen LogP contribution in [-0.2, 0) is 11.2 Å². The summed E-state index contributed by atoms with van der Waals surface area (Å²) in [6, 6.07) is 23.3. The maximum absolute atomic E-state index is 12.4. The van der Waals surface area contributed by atoms with Crippen LogP contribution in [0.15, 0.2) is 83.4 Å². The Bertz CT molecular complexity index is 1270. The van der Waals surface area contributed by atoms with Gasteiger partial charge in [0.2, 0.25) is 11.8 Å². The number of benzene rings is 3. The van der Waals surface area contributed by atoms with Gasteiger partial charge >= 0.3 is 0 Å². The van der Waals surface area contributed by atoms with Gasteiger partial charge in [0.15, 0.2) is 5.58 Å². The molecule has 5 heteroatoms. The number of oxazole rings is 1. The number of fused-ring (bicyclic) bond motifs is 2. The summed E-state index contributed by atoms with van der Waals surface area (Å²) in [6.07, 6.45) is 3.10. The molecule has 5 aromatic rings. The SMILES string of the molecule is O=C(CCc1c[nH]c2ccccc12)Nc1ccc(-c2nc3ccccc3o2)cc1. The van der Waals surface area contributed by atoms with Crippen molar-refractivity contribution in [1.82, 2.24) is 9.97 Å². The van der Waals surface area contributed by atoms with Gasteiger partial charge in [-0.15, -0.1) is 0 Å². The Morgan fingerprint density at radius 2 is 1.76 bits per heavy atom. The molecule has 0 aliphatic heterocycles. The Labute approximate surface area is 167 Å². The molecule has 0 saturated heterocycles. The van der Waals surface area contributed by atoms with E-state index >= 15 is 0 Å². The predicted molar refractivity (Wildman–Crippen MR) is 115 cm³/mol. The molecule has 1 amide bonds. The minimum atomic E-state index is -0.00936. The van der Waals surface area contributed by atoms with E-state index in [0.29, 0.717) is 18.7 Å². The molecule has 29 heavy (non-hydrogen) atoms. The van der Waals surface area contributed by atoms with E-state index in [9.17, 15) is 4.79 Å². The summed E-state index contributed by atoms with van der Waals surface area (Å²) in [5.74, 6) is 0.563. The molecule has 0 atom stereocenters. The number of hydrogen-bond acceptors (Lipinski definition) is 3. The molecule has 3 aromatic carbocycles. The first-order valence-corrected chi connectivity index (χ1v) is 9.57. The number of aromatic nitrogens is 2. The van der Waals surface area contributed by atoms with Crippen molar-refractivity contribution in [2.75, 3.05) is 5.32 Å². The molecule has 0 spiro atoms. The summed E-state index contributed by atoms with van der Waals surface area (Å²) in [5.41, 5.74) is 5.47. The van der Waals surface area contributed by atoms with E-state index in [1.54, 1.807) is 0 Å². The van der Waals surface area contributed by atoms with Crippen LogP contribution in [0.4, 0.5) is 5.69 Å². The lowest BCUT2D eigenvalue weighted by Crippen LogP contribution is -2.12. The van der Waals surface area contributed by atoms with Crippen LogP contribution in [0.1, 0.15) is 12.0 Å². The molecule has 0 unspecified atom stereocenters. The smallest absolute Gasteiger partial charge is 0.227 e. The van der Waals surface area contributed by atoms with Crippen molar-refractivity contribution in [3.8, 4) is 11.5 Å². The third-order valence-corrected chi connectivity index (χ3v) is 5.01. The number of nitrogens with zero attached hydrogens (tertiary/aromatic N) is 1.